The molecule has 4 aliphatic rings. The molecule has 1 aromatic carbocycles. The first-order chi connectivity index (χ1) is 13.1. The van der Waals surface area contributed by atoms with Gasteiger partial charge in [0.25, 0.3) is 5.91 Å². The van der Waals surface area contributed by atoms with E-state index < -0.39 is 0 Å². The Bertz CT molecular complexity index is 732. The normalized spacial score (nSPS) is 25.6. The molecule has 146 valence electrons. The summed E-state index contributed by atoms with van der Waals surface area (Å²) in [5.41, 5.74) is 1.58. The van der Waals surface area contributed by atoms with Crippen LogP contribution < -0.4 is 9.64 Å². The molecule has 4 heterocycles. The Morgan fingerprint density at radius 3 is 2.70 bits per heavy atom. The Balaban J connectivity index is 1.59. The van der Waals surface area contributed by atoms with Gasteiger partial charge in [-0.25, -0.2) is 0 Å². The zero-order chi connectivity index (χ0) is 19.0. The van der Waals surface area contributed by atoms with Gasteiger partial charge in [0.2, 0.25) is 5.91 Å². The molecule has 7 heteroatoms. The van der Waals surface area contributed by atoms with Gasteiger partial charge in [-0.1, -0.05) is 0 Å². The van der Waals surface area contributed by atoms with Crippen LogP contribution in [0.5, 0.6) is 5.75 Å². The molecule has 0 saturated carbocycles. The fourth-order valence-electron chi connectivity index (χ4n) is 4.38. The van der Waals surface area contributed by atoms with Crippen molar-refractivity contribution in [3.8, 4) is 5.75 Å². The SMILES string of the molecule is COc1ccc(C(=O)N2C[C@@H]3CC[C@H](C2)N(C)C3=O)cc1N1CCOCC1. The van der Waals surface area contributed by atoms with E-state index in [1.54, 1.807) is 7.11 Å². The van der Waals surface area contributed by atoms with Crippen molar-refractivity contribution in [1.29, 1.82) is 0 Å². The number of hydrogen-bond donors (Lipinski definition) is 0. The second-order valence-electron chi connectivity index (χ2n) is 7.57. The number of likely N-dealkylation sites (N-methyl/N-ethyl adjacent to an activating group) is 1. The summed E-state index contributed by atoms with van der Waals surface area (Å²) in [6.07, 6.45) is 1.84. The summed E-state index contributed by atoms with van der Waals surface area (Å²) < 4.78 is 11.0. The molecule has 27 heavy (non-hydrogen) atoms. The van der Waals surface area contributed by atoms with Crippen LogP contribution in [-0.4, -0.2) is 81.2 Å². The van der Waals surface area contributed by atoms with Crippen LogP contribution in [0.4, 0.5) is 5.69 Å². The van der Waals surface area contributed by atoms with Crippen molar-refractivity contribution in [1.82, 2.24) is 9.80 Å². The smallest absolute Gasteiger partial charge is 0.254 e. The van der Waals surface area contributed by atoms with E-state index in [0.29, 0.717) is 31.9 Å². The lowest BCUT2D eigenvalue weighted by atomic mass is 9.95. The number of piperidine rings is 1. The van der Waals surface area contributed by atoms with Crippen LogP contribution in [-0.2, 0) is 9.53 Å². The molecule has 4 fully saturated rings. The standard InChI is InChI=1S/C20H27N3O4/c1-21-16-5-3-15(19(21)24)12-23(13-16)20(25)14-4-6-18(26-2)17(11-14)22-7-9-27-10-8-22/h4,6,11,15-16H,3,5,7-10,12-13H2,1-2H3/t15-,16+/m0/s1. The van der Waals surface area contributed by atoms with Crippen LogP contribution in [0.3, 0.4) is 0 Å². The third-order valence-electron chi connectivity index (χ3n) is 6.03. The zero-order valence-corrected chi connectivity index (χ0v) is 16.0. The minimum atomic E-state index is -0.0744. The fourth-order valence-corrected chi connectivity index (χ4v) is 4.38. The van der Waals surface area contributed by atoms with Crippen molar-refractivity contribution in [3.63, 3.8) is 0 Å². The topological polar surface area (TPSA) is 62.3 Å². The van der Waals surface area contributed by atoms with Crippen molar-refractivity contribution < 1.29 is 19.1 Å². The fraction of sp³-hybridized carbons (Fsp3) is 0.600. The summed E-state index contributed by atoms with van der Waals surface area (Å²) in [6, 6.07) is 5.73. The first-order valence-electron chi connectivity index (χ1n) is 9.65. The number of nitrogens with zero attached hydrogens (tertiary/aromatic N) is 3. The van der Waals surface area contributed by atoms with Gasteiger partial charge in [0.15, 0.2) is 0 Å². The van der Waals surface area contributed by atoms with Crippen molar-refractivity contribution in [2.75, 3.05) is 58.5 Å². The molecule has 0 aromatic heterocycles. The number of ether oxygens (including phenoxy) is 2. The zero-order valence-electron chi connectivity index (χ0n) is 16.0. The molecular formula is C20H27N3O4. The molecule has 2 amide bonds. The number of carbonyl (C=O) groups is 2. The Hall–Kier alpha value is -2.28. The third-order valence-corrected chi connectivity index (χ3v) is 6.03. The predicted molar refractivity (Wildman–Crippen MR) is 101 cm³/mol. The summed E-state index contributed by atoms with van der Waals surface area (Å²) in [5, 5.41) is 0. The quantitative estimate of drug-likeness (QED) is 0.797. The summed E-state index contributed by atoms with van der Waals surface area (Å²) in [6.45, 7) is 4.02. The molecule has 0 spiro atoms. The predicted octanol–water partition coefficient (Wildman–Crippen LogP) is 1.22. The summed E-state index contributed by atoms with van der Waals surface area (Å²) >= 11 is 0. The maximum absolute atomic E-state index is 13.2. The molecule has 2 bridgehead atoms. The highest BCUT2D eigenvalue weighted by molar-refractivity contribution is 5.96. The lowest BCUT2D eigenvalue weighted by Gasteiger charge is -2.32. The van der Waals surface area contributed by atoms with Crippen LogP contribution in [0.15, 0.2) is 18.2 Å². The summed E-state index contributed by atoms with van der Waals surface area (Å²) in [5.74, 6) is 0.853. The highest BCUT2D eigenvalue weighted by Crippen LogP contribution is 2.32. The lowest BCUT2D eigenvalue weighted by Crippen LogP contribution is -2.45. The Kier molecular flexibility index (Phi) is 4.95. The number of benzene rings is 1. The van der Waals surface area contributed by atoms with Gasteiger partial charge in [0, 0.05) is 44.8 Å². The van der Waals surface area contributed by atoms with Crippen LogP contribution in [0, 0.1) is 5.92 Å². The number of fused-ring (bicyclic) bond motifs is 4. The molecule has 0 unspecified atom stereocenters. The van der Waals surface area contributed by atoms with Crippen molar-refractivity contribution in [2.24, 2.45) is 5.92 Å². The van der Waals surface area contributed by atoms with E-state index in [9.17, 15) is 9.59 Å². The number of anilines is 1. The van der Waals surface area contributed by atoms with Crippen LogP contribution >= 0.6 is 0 Å². The number of morpholine rings is 1. The molecule has 2 atom stereocenters. The Morgan fingerprint density at radius 2 is 1.96 bits per heavy atom. The van der Waals surface area contributed by atoms with Gasteiger partial charge in [0.1, 0.15) is 5.75 Å². The Morgan fingerprint density at radius 1 is 1.19 bits per heavy atom. The van der Waals surface area contributed by atoms with Crippen LogP contribution in [0.2, 0.25) is 0 Å². The summed E-state index contributed by atoms with van der Waals surface area (Å²) in [4.78, 5) is 31.5. The molecule has 0 N–H and O–H groups in total. The van der Waals surface area contributed by atoms with E-state index in [-0.39, 0.29) is 23.8 Å². The Labute approximate surface area is 159 Å². The average Bonchev–Trinajstić information content (AvgIpc) is 3.00. The second kappa shape index (κ2) is 7.38. The number of carbonyl (C=O) groups excluding carboxylic acids is 2. The number of amides is 2. The molecule has 4 saturated heterocycles. The minimum Gasteiger partial charge on any atom is -0.495 e. The van der Waals surface area contributed by atoms with E-state index >= 15 is 0 Å². The largest absolute Gasteiger partial charge is 0.495 e. The number of hydrogen-bond acceptors (Lipinski definition) is 5. The van der Waals surface area contributed by atoms with Gasteiger partial charge in [0.05, 0.1) is 31.9 Å². The van der Waals surface area contributed by atoms with E-state index in [0.717, 1.165) is 37.4 Å². The molecule has 0 radical (unpaired) electrons. The maximum atomic E-state index is 13.2. The first-order valence-corrected chi connectivity index (χ1v) is 9.65. The molecular weight excluding hydrogens is 346 g/mol. The first kappa shape index (κ1) is 18.1. The summed E-state index contributed by atoms with van der Waals surface area (Å²) in [7, 11) is 3.51. The molecule has 1 aromatic rings. The molecule has 4 aliphatic heterocycles. The van der Waals surface area contributed by atoms with Gasteiger partial charge >= 0.3 is 0 Å². The monoisotopic (exact) mass is 373 g/mol. The van der Waals surface area contributed by atoms with Gasteiger partial charge < -0.3 is 24.2 Å². The van der Waals surface area contributed by atoms with Crippen LogP contribution in [0.25, 0.3) is 0 Å². The highest BCUT2D eigenvalue weighted by atomic mass is 16.5. The maximum Gasteiger partial charge on any atom is 0.254 e. The average molecular weight is 373 g/mol. The lowest BCUT2D eigenvalue weighted by molar-refractivity contribution is -0.138. The second-order valence-corrected chi connectivity index (χ2v) is 7.57. The van der Waals surface area contributed by atoms with Gasteiger partial charge in [-0.15, -0.1) is 0 Å². The van der Waals surface area contributed by atoms with Gasteiger partial charge in [-0.3, -0.25) is 9.59 Å². The van der Waals surface area contributed by atoms with E-state index in [1.807, 2.05) is 35.0 Å². The van der Waals surface area contributed by atoms with Gasteiger partial charge in [-0.05, 0) is 31.0 Å². The molecule has 5 rings (SSSR count). The molecule has 7 nitrogen and oxygen atoms in total. The number of rotatable bonds is 3. The van der Waals surface area contributed by atoms with Crippen LogP contribution in [0.1, 0.15) is 23.2 Å². The third kappa shape index (κ3) is 3.36. The van der Waals surface area contributed by atoms with E-state index in [1.165, 1.54) is 0 Å². The number of methoxy groups -OCH3 is 1. The molecule has 0 aliphatic carbocycles. The van der Waals surface area contributed by atoms with E-state index in [4.69, 9.17) is 9.47 Å². The van der Waals surface area contributed by atoms with Crippen molar-refractivity contribution in [3.05, 3.63) is 23.8 Å². The minimum absolute atomic E-state index is 0.00726. The van der Waals surface area contributed by atoms with E-state index in [2.05, 4.69) is 4.90 Å². The van der Waals surface area contributed by atoms with Crippen molar-refractivity contribution >= 4 is 17.5 Å². The van der Waals surface area contributed by atoms with Gasteiger partial charge in [-0.2, -0.15) is 0 Å². The van der Waals surface area contributed by atoms with Crippen molar-refractivity contribution in [2.45, 2.75) is 18.9 Å². The highest BCUT2D eigenvalue weighted by Gasteiger charge is 2.40.